The number of aliphatic carboxylic acids is 1. The fourth-order valence-corrected chi connectivity index (χ4v) is 3.34. The number of esters is 2. The number of rotatable bonds is 8. The van der Waals surface area contributed by atoms with Crippen LogP contribution < -0.4 is 5.32 Å². The van der Waals surface area contributed by atoms with E-state index in [2.05, 4.69) is 5.32 Å². The summed E-state index contributed by atoms with van der Waals surface area (Å²) in [5.41, 5.74) is 2.94. The lowest BCUT2D eigenvalue weighted by atomic mass is 10.1. The van der Waals surface area contributed by atoms with Gasteiger partial charge in [0.15, 0.2) is 0 Å². The molecule has 0 aromatic heterocycles. The summed E-state index contributed by atoms with van der Waals surface area (Å²) >= 11 is 0. The lowest BCUT2D eigenvalue weighted by Gasteiger charge is -2.23. The van der Waals surface area contributed by atoms with Gasteiger partial charge in [0.1, 0.15) is 0 Å². The molecule has 1 amide bonds. The molecule has 3 aromatic rings. The van der Waals surface area contributed by atoms with Gasteiger partial charge in [-0.25, -0.2) is 14.4 Å². The number of benzene rings is 3. The van der Waals surface area contributed by atoms with Crippen LogP contribution in [0.4, 0.5) is 5.69 Å². The Morgan fingerprint density at radius 1 is 0.686 bits per heavy atom. The molecule has 0 spiro atoms. The molecule has 0 aliphatic heterocycles. The van der Waals surface area contributed by atoms with Gasteiger partial charge in [-0.3, -0.25) is 4.79 Å². The highest BCUT2D eigenvalue weighted by molar-refractivity contribution is 6.01. The molecule has 0 heterocycles. The highest BCUT2D eigenvalue weighted by atomic mass is 16.6. The first kappa shape index (κ1) is 25.2. The molecule has 180 valence electrons. The van der Waals surface area contributed by atoms with Crippen molar-refractivity contribution in [3.8, 4) is 0 Å². The standard InChI is InChI=1S/C27H25NO7/c1-16-7-4-10-19(13-16)26(32)34-22(24(29)28-21-12-6-9-18(3)15-21)23(25(30)31)35-27(33)20-11-5-8-17(2)14-20/h4-15,22-23H,1-3H3,(H,28,29)(H,30,31)/t22-,23+/m1/s1. The van der Waals surface area contributed by atoms with Crippen molar-refractivity contribution in [1.82, 2.24) is 0 Å². The van der Waals surface area contributed by atoms with Gasteiger partial charge in [-0.2, -0.15) is 0 Å². The van der Waals surface area contributed by atoms with Crippen LogP contribution in [-0.4, -0.2) is 41.1 Å². The topological polar surface area (TPSA) is 119 Å². The van der Waals surface area contributed by atoms with Crippen LogP contribution in [0.5, 0.6) is 0 Å². The molecule has 2 atom stereocenters. The summed E-state index contributed by atoms with van der Waals surface area (Å²) in [7, 11) is 0. The summed E-state index contributed by atoms with van der Waals surface area (Å²) < 4.78 is 10.5. The summed E-state index contributed by atoms with van der Waals surface area (Å²) in [5.74, 6) is -4.51. The summed E-state index contributed by atoms with van der Waals surface area (Å²) in [4.78, 5) is 50.7. The van der Waals surface area contributed by atoms with Gasteiger partial charge in [-0.1, -0.05) is 47.5 Å². The molecule has 3 rings (SSSR count). The molecule has 0 saturated carbocycles. The van der Waals surface area contributed by atoms with E-state index in [-0.39, 0.29) is 11.1 Å². The number of hydrogen-bond acceptors (Lipinski definition) is 6. The lowest BCUT2D eigenvalue weighted by molar-refractivity contribution is -0.157. The SMILES string of the molecule is Cc1cccc(NC(=O)[C@H](OC(=O)c2cccc(C)c2)[C@H](OC(=O)c2cccc(C)c2)C(=O)O)c1. The Kier molecular flexibility index (Phi) is 7.99. The van der Waals surface area contributed by atoms with Crippen LogP contribution >= 0.6 is 0 Å². The maximum atomic E-state index is 13.1. The molecule has 2 N–H and O–H groups in total. The van der Waals surface area contributed by atoms with Crippen LogP contribution in [0.2, 0.25) is 0 Å². The normalized spacial score (nSPS) is 12.2. The Balaban J connectivity index is 1.92. The quantitative estimate of drug-likeness (QED) is 0.471. The molecule has 8 nitrogen and oxygen atoms in total. The summed E-state index contributed by atoms with van der Waals surface area (Å²) in [6.07, 6.45) is -4.06. The van der Waals surface area contributed by atoms with Crippen LogP contribution in [0.25, 0.3) is 0 Å². The third-order valence-electron chi connectivity index (χ3n) is 5.04. The Hall–Kier alpha value is -4.46. The van der Waals surface area contributed by atoms with Crippen LogP contribution in [0.3, 0.4) is 0 Å². The third-order valence-corrected chi connectivity index (χ3v) is 5.04. The molecule has 0 saturated heterocycles. The summed E-state index contributed by atoms with van der Waals surface area (Å²) in [6.45, 7) is 5.34. The molecular weight excluding hydrogens is 450 g/mol. The van der Waals surface area contributed by atoms with E-state index >= 15 is 0 Å². The van der Waals surface area contributed by atoms with E-state index in [0.717, 1.165) is 16.7 Å². The number of ether oxygens (including phenoxy) is 2. The van der Waals surface area contributed by atoms with Crippen molar-refractivity contribution in [2.45, 2.75) is 33.0 Å². The van der Waals surface area contributed by atoms with Crippen molar-refractivity contribution in [2.24, 2.45) is 0 Å². The zero-order valence-corrected chi connectivity index (χ0v) is 19.5. The van der Waals surface area contributed by atoms with Gasteiger partial charge < -0.3 is 19.9 Å². The maximum absolute atomic E-state index is 13.1. The number of hydrogen-bond donors (Lipinski definition) is 2. The average molecular weight is 475 g/mol. The minimum Gasteiger partial charge on any atom is -0.478 e. The van der Waals surface area contributed by atoms with Gasteiger partial charge in [0.25, 0.3) is 5.91 Å². The van der Waals surface area contributed by atoms with Crippen molar-refractivity contribution < 1.29 is 33.8 Å². The van der Waals surface area contributed by atoms with Crippen molar-refractivity contribution in [3.05, 3.63) is 101 Å². The molecule has 0 bridgehead atoms. The number of carbonyl (C=O) groups excluding carboxylic acids is 3. The number of amides is 1. The number of nitrogens with one attached hydrogen (secondary N) is 1. The number of aryl methyl sites for hydroxylation is 3. The molecule has 0 unspecified atom stereocenters. The first-order valence-electron chi connectivity index (χ1n) is 10.8. The van der Waals surface area contributed by atoms with Crippen LogP contribution in [-0.2, 0) is 19.1 Å². The zero-order valence-electron chi connectivity index (χ0n) is 19.5. The summed E-state index contributed by atoms with van der Waals surface area (Å²) in [5, 5.41) is 12.4. The smallest absolute Gasteiger partial charge is 0.349 e. The monoisotopic (exact) mass is 475 g/mol. The Bertz CT molecular complexity index is 1270. The Morgan fingerprint density at radius 2 is 1.14 bits per heavy atom. The van der Waals surface area contributed by atoms with Crippen molar-refractivity contribution in [2.75, 3.05) is 5.32 Å². The third kappa shape index (κ3) is 6.77. The van der Waals surface area contributed by atoms with Crippen molar-refractivity contribution >= 4 is 29.5 Å². The Labute approximate surface area is 202 Å². The van der Waals surface area contributed by atoms with Gasteiger partial charge in [-0.05, 0) is 62.7 Å². The molecule has 0 fully saturated rings. The number of carboxylic acids is 1. The van der Waals surface area contributed by atoms with Crippen LogP contribution in [0, 0.1) is 20.8 Å². The first-order chi connectivity index (χ1) is 16.6. The largest absolute Gasteiger partial charge is 0.478 e. The van der Waals surface area contributed by atoms with Gasteiger partial charge in [-0.15, -0.1) is 0 Å². The predicted octanol–water partition coefficient (Wildman–Crippen LogP) is 4.09. The highest BCUT2D eigenvalue weighted by Gasteiger charge is 2.41. The first-order valence-corrected chi connectivity index (χ1v) is 10.8. The van der Waals surface area contributed by atoms with E-state index in [4.69, 9.17) is 9.47 Å². The molecule has 35 heavy (non-hydrogen) atoms. The van der Waals surface area contributed by atoms with E-state index in [1.807, 2.05) is 13.0 Å². The second-order valence-corrected chi connectivity index (χ2v) is 8.09. The van der Waals surface area contributed by atoms with Gasteiger partial charge in [0.2, 0.25) is 12.2 Å². The van der Waals surface area contributed by atoms with E-state index in [9.17, 15) is 24.3 Å². The average Bonchev–Trinajstić information content (AvgIpc) is 2.80. The molecule has 8 heteroatoms. The molecular formula is C27H25NO7. The van der Waals surface area contributed by atoms with E-state index < -0.39 is 36.0 Å². The van der Waals surface area contributed by atoms with Gasteiger partial charge in [0, 0.05) is 5.69 Å². The van der Waals surface area contributed by atoms with Gasteiger partial charge in [0.05, 0.1) is 11.1 Å². The van der Waals surface area contributed by atoms with E-state index in [0.29, 0.717) is 5.69 Å². The fourth-order valence-electron chi connectivity index (χ4n) is 3.34. The minimum atomic E-state index is -2.10. The fraction of sp³-hybridized carbons (Fsp3) is 0.185. The second-order valence-electron chi connectivity index (χ2n) is 8.09. The molecule has 0 aliphatic carbocycles. The number of carbonyl (C=O) groups is 4. The number of carboxylic acid groups (broad SMARTS) is 1. The highest BCUT2D eigenvalue weighted by Crippen LogP contribution is 2.17. The number of anilines is 1. The molecule has 0 radical (unpaired) electrons. The molecule has 0 aliphatic rings. The lowest BCUT2D eigenvalue weighted by Crippen LogP contribution is -2.48. The van der Waals surface area contributed by atoms with Crippen LogP contribution in [0.15, 0.2) is 72.8 Å². The molecule has 3 aromatic carbocycles. The Morgan fingerprint density at radius 3 is 1.60 bits per heavy atom. The summed E-state index contributed by atoms with van der Waals surface area (Å²) in [6, 6.07) is 19.5. The van der Waals surface area contributed by atoms with Crippen molar-refractivity contribution in [3.63, 3.8) is 0 Å². The minimum absolute atomic E-state index is 0.0964. The van der Waals surface area contributed by atoms with Crippen LogP contribution in [0.1, 0.15) is 37.4 Å². The van der Waals surface area contributed by atoms with E-state index in [1.54, 1.807) is 56.3 Å². The maximum Gasteiger partial charge on any atom is 0.349 e. The van der Waals surface area contributed by atoms with Gasteiger partial charge >= 0.3 is 17.9 Å². The van der Waals surface area contributed by atoms with E-state index in [1.165, 1.54) is 24.3 Å². The predicted molar refractivity (Wildman–Crippen MR) is 128 cm³/mol. The van der Waals surface area contributed by atoms with Crippen molar-refractivity contribution in [1.29, 1.82) is 0 Å². The zero-order chi connectivity index (χ0) is 25.5. The second kappa shape index (κ2) is 11.1.